The fourth-order valence-electron chi connectivity index (χ4n) is 3.79. The summed E-state index contributed by atoms with van der Waals surface area (Å²) >= 11 is 1.62. The van der Waals surface area contributed by atoms with Gasteiger partial charge in [-0.3, -0.25) is 9.30 Å². The first kappa shape index (κ1) is 22.2. The molecule has 1 aliphatic heterocycles. The number of β-amino-alcohol motifs (C(OH)–C–C–N with tert-alkyl or cyclic N) is 1. The molecule has 31 heavy (non-hydrogen) atoms. The maximum atomic E-state index is 13.4. The first-order chi connectivity index (χ1) is 14.9. The highest BCUT2D eigenvalue weighted by Crippen LogP contribution is 2.29. The number of aryl methyl sites for hydroxylation is 1. The number of aromatic nitrogens is 3. The average Bonchev–Trinajstić information content (AvgIpc) is 3.24. The highest BCUT2D eigenvalue weighted by Gasteiger charge is 2.29. The largest absolute Gasteiger partial charge is 0.395 e. The SMILES string of the molecule is CCSc1nc(-c2ccc(C)c(S(=O)(=O)N3CCN(CCO)CC3)c2)cc2nccn12. The van der Waals surface area contributed by atoms with Gasteiger partial charge in [0.05, 0.1) is 17.2 Å². The van der Waals surface area contributed by atoms with Gasteiger partial charge in [-0.05, 0) is 24.3 Å². The summed E-state index contributed by atoms with van der Waals surface area (Å²) in [6, 6.07) is 7.37. The summed E-state index contributed by atoms with van der Waals surface area (Å²) in [7, 11) is -3.62. The maximum absolute atomic E-state index is 13.4. The molecule has 8 nitrogen and oxygen atoms in total. The second kappa shape index (κ2) is 9.25. The number of imidazole rings is 1. The average molecular weight is 462 g/mol. The lowest BCUT2D eigenvalue weighted by molar-refractivity contribution is 0.151. The van der Waals surface area contributed by atoms with Crippen LogP contribution < -0.4 is 0 Å². The molecule has 3 aromatic rings. The van der Waals surface area contributed by atoms with Crippen molar-refractivity contribution in [2.24, 2.45) is 0 Å². The first-order valence-electron chi connectivity index (χ1n) is 10.4. The molecule has 0 spiro atoms. The number of piperazine rings is 1. The standard InChI is InChI=1S/C21H27N5O3S2/c1-3-30-21-23-18(15-20-22-6-7-26(20)21)17-5-4-16(2)19(14-17)31(28,29)25-10-8-24(9-11-25)12-13-27/h4-7,14-15,27H,3,8-13H2,1-2H3. The van der Waals surface area contributed by atoms with Crippen molar-refractivity contribution in [1.29, 1.82) is 0 Å². The summed E-state index contributed by atoms with van der Waals surface area (Å²) < 4.78 is 30.3. The van der Waals surface area contributed by atoms with E-state index in [0.29, 0.717) is 48.9 Å². The van der Waals surface area contributed by atoms with Gasteiger partial charge in [-0.1, -0.05) is 30.8 Å². The molecule has 2 aromatic heterocycles. The molecule has 4 rings (SSSR count). The smallest absolute Gasteiger partial charge is 0.243 e. The Kier molecular flexibility index (Phi) is 6.63. The van der Waals surface area contributed by atoms with Gasteiger partial charge in [0.25, 0.3) is 0 Å². The van der Waals surface area contributed by atoms with E-state index in [0.717, 1.165) is 22.1 Å². The summed E-state index contributed by atoms with van der Waals surface area (Å²) in [5, 5.41) is 9.95. The second-order valence-corrected chi connectivity index (χ2v) is 10.6. The molecule has 0 saturated carbocycles. The van der Waals surface area contributed by atoms with Crippen molar-refractivity contribution >= 4 is 27.4 Å². The van der Waals surface area contributed by atoms with Crippen LogP contribution in [0.2, 0.25) is 0 Å². The molecule has 10 heteroatoms. The van der Waals surface area contributed by atoms with Gasteiger partial charge in [0.1, 0.15) is 5.65 Å². The third-order valence-electron chi connectivity index (χ3n) is 5.48. The van der Waals surface area contributed by atoms with E-state index < -0.39 is 10.0 Å². The number of thioether (sulfide) groups is 1. The molecule has 1 N–H and O–H groups in total. The molecule has 3 heterocycles. The van der Waals surface area contributed by atoms with Gasteiger partial charge >= 0.3 is 0 Å². The van der Waals surface area contributed by atoms with E-state index in [-0.39, 0.29) is 6.61 Å². The Morgan fingerprint density at radius 2 is 1.94 bits per heavy atom. The number of benzene rings is 1. The Balaban J connectivity index is 1.69. The predicted molar refractivity (Wildman–Crippen MR) is 122 cm³/mol. The number of aliphatic hydroxyl groups excluding tert-OH is 1. The van der Waals surface area contributed by atoms with E-state index in [9.17, 15) is 8.42 Å². The Labute approximate surface area is 187 Å². The van der Waals surface area contributed by atoms with Crippen molar-refractivity contribution in [2.45, 2.75) is 23.9 Å². The molecule has 0 unspecified atom stereocenters. The van der Waals surface area contributed by atoms with Gasteiger partial charge in [0.2, 0.25) is 10.0 Å². The monoisotopic (exact) mass is 461 g/mol. The number of hydrogen-bond acceptors (Lipinski definition) is 7. The fraction of sp³-hybridized carbons (Fsp3) is 0.429. The molecule has 0 atom stereocenters. The summed E-state index contributed by atoms with van der Waals surface area (Å²) in [4.78, 5) is 11.6. The van der Waals surface area contributed by atoms with Crippen LogP contribution >= 0.6 is 11.8 Å². The molecule has 0 aliphatic carbocycles. The molecule has 1 saturated heterocycles. The van der Waals surface area contributed by atoms with E-state index >= 15 is 0 Å². The van der Waals surface area contributed by atoms with Crippen LogP contribution in [0.5, 0.6) is 0 Å². The first-order valence-corrected chi connectivity index (χ1v) is 12.8. The minimum Gasteiger partial charge on any atom is -0.395 e. The lowest BCUT2D eigenvalue weighted by atomic mass is 10.1. The van der Waals surface area contributed by atoms with Crippen LogP contribution in [0.3, 0.4) is 0 Å². The molecule has 1 fully saturated rings. The normalized spacial score (nSPS) is 16.2. The maximum Gasteiger partial charge on any atom is 0.243 e. The van der Waals surface area contributed by atoms with Crippen LogP contribution in [0.25, 0.3) is 16.9 Å². The number of nitrogens with zero attached hydrogens (tertiary/aromatic N) is 5. The van der Waals surface area contributed by atoms with Crippen molar-refractivity contribution in [3.63, 3.8) is 0 Å². The van der Waals surface area contributed by atoms with Crippen molar-refractivity contribution in [3.8, 4) is 11.3 Å². The van der Waals surface area contributed by atoms with E-state index in [1.807, 2.05) is 35.7 Å². The molecule has 1 aliphatic rings. The number of fused-ring (bicyclic) bond motifs is 1. The quantitative estimate of drug-likeness (QED) is 0.426. The predicted octanol–water partition coefficient (Wildman–Crippen LogP) is 2.12. The van der Waals surface area contributed by atoms with Crippen LogP contribution in [0, 0.1) is 6.92 Å². The molecular weight excluding hydrogens is 434 g/mol. The van der Waals surface area contributed by atoms with Crippen LogP contribution in [-0.4, -0.2) is 82.2 Å². The Morgan fingerprint density at radius 1 is 1.16 bits per heavy atom. The van der Waals surface area contributed by atoms with Crippen LogP contribution in [0.4, 0.5) is 0 Å². The number of sulfonamides is 1. The van der Waals surface area contributed by atoms with Crippen molar-refractivity contribution in [2.75, 3.05) is 45.1 Å². The van der Waals surface area contributed by atoms with Gasteiger partial charge in [0.15, 0.2) is 5.16 Å². The van der Waals surface area contributed by atoms with Gasteiger partial charge in [-0.15, -0.1) is 0 Å². The molecule has 0 amide bonds. The summed E-state index contributed by atoms with van der Waals surface area (Å²) in [6.07, 6.45) is 3.62. The summed E-state index contributed by atoms with van der Waals surface area (Å²) in [5.74, 6) is 0.875. The Hall–Kier alpha value is -1.98. The lowest BCUT2D eigenvalue weighted by Crippen LogP contribution is -2.49. The highest BCUT2D eigenvalue weighted by atomic mass is 32.2. The van der Waals surface area contributed by atoms with Crippen LogP contribution in [0.1, 0.15) is 12.5 Å². The summed E-state index contributed by atoms with van der Waals surface area (Å²) in [6.45, 7) is 6.62. The molecule has 0 bridgehead atoms. The van der Waals surface area contributed by atoms with Gasteiger partial charge < -0.3 is 5.11 Å². The lowest BCUT2D eigenvalue weighted by Gasteiger charge is -2.33. The minimum atomic E-state index is -3.62. The topological polar surface area (TPSA) is 91.0 Å². The van der Waals surface area contributed by atoms with E-state index in [4.69, 9.17) is 10.1 Å². The van der Waals surface area contributed by atoms with Crippen molar-refractivity contribution in [3.05, 3.63) is 42.2 Å². The van der Waals surface area contributed by atoms with E-state index in [1.165, 1.54) is 4.31 Å². The van der Waals surface area contributed by atoms with Crippen molar-refractivity contribution < 1.29 is 13.5 Å². The molecule has 166 valence electrons. The third kappa shape index (κ3) is 4.49. The summed E-state index contributed by atoms with van der Waals surface area (Å²) in [5.41, 5.74) is 2.96. The number of aliphatic hydroxyl groups is 1. The zero-order valence-corrected chi connectivity index (χ0v) is 19.4. The fourth-order valence-corrected chi connectivity index (χ4v) is 6.17. The zero-order chi connectivity index (χ0) is 22.0. The minimum absolute atomic E-state index is 0.0834. The van der Waals surface area contributed by atoms with Crippen LogP contribution in [0.15, 0.2) is 46.7 Å². The molecule has 1 aromatic carbocycles. The number of rotatable bonds is 7. The molecule has 0 radical (unpaired) electrons. The van der Waals surface area contributed by atoms with Gasteiger partial charge in [0, 0.05) is 56.7 Å². The third-order valence-corrected chi connectivity index (χ3v) is 8.36. The zero-order valence-electron chi connectivity index (χ0n) is 17.7. The molecular formula is C21H27N5O3S2. The van der Waals surface area contributed by atoms with Crippen molar-refractivity contribution in [1.82, 2.24) is 23.6 Å². The second-order valence-electron chi connectivity index (χ2n) is 7.46. The Morgan fingerprint density at radius 3 is 2.65 bits per heavy atom. The Bertz CT molecular complexity index is 1170. The van der Waals surface area contributed by atoms with E-state index in [2.05, 4.69) is 16.8 Å². The van der Waals surface area contributed by atoms with E-state index in [1.54, 1.807) is 24.0 Å². The van der Waals surface area contributed by atoms with Gasteiger partial charge in [-0.2, -0.15) is 4.31 Å². The number of hydrogen-bond donors (Lipinski definition) is 1. The van der Waals surface area contributed by atoms with Crippen LogP contribution in [-0.2, 0) is 10.0 Å². The van der Waals surface area contributed by atoms with Gasteiger partial charge in [-0.25, -0.2) is 18.4 Å². The highest BCUT2D eigenvalue weighted by molar-refractivity contribution is 7.99.